The summed E-state index contributed by atoms with van der Waals surface area (Å²) in [6.45, 7) is 0. The summed E-state index contributed by atoms with van der Waals surface area (Å²) in [4.78, 5) is 0.00926. The van der Waals surface area contributed by atoms with Gasteiger partial charge in [-0.25, -0.2) is 0 Å². The number of rotatable bonds is 0. The Kier molecular flexibility index (Phi) is 4.29. The minimum atomic E-state index is -3.68. The van der Waals surface area contributed by atoms with Crippen molar-refractivity contribution in [3.63, 3.8) is 0 Å². The van der Waals surface area contributed by atoms with Gasteiger partial charge in [-0.3, -0.25) is 0 Å². The molecule has 0 saturated heterocycles. The monoisotopic (exact) mass is 223 g/mol. The molecule has 0 aliphatic carbocycles. The summed E-state index contributed by atoms with van der Waals surface area (Å²) >= 11 is 0. The fraction of sp³-hybridized carbons (Fsp3) is 0. The Bertz CT molecular complexity index is 468. The van der Waals surface area contributed by atoms with E-state index < -0.39 is 15.9 Å². The second-order valence-corrected chi connectivity index (χ2v) is 3.94. The quantitative estimate of drug-likeness (QED) is 0.415. The van der Waals surface area contributed by atoms with E-state index in [1.54, 1.807) is 12.1 Å². The van der Waals surface area contributed by atoms with E-state index in [2.05, 4.69) is 4.40 Å². The van der Waals surface area contributed by atoms with Gasteiger partial charge in [-0.2, -0.15) is 12.8 Å². The van der Waals surface area contributed by atoms with Crippen molar-refractivity contribution in [2.75, 3.05) is 0 Å². The van der Waals surface area contributed by atoms with Crippen LogP contribution in [-0.4, -0.2) is 19.8 Å². The first-order valence-corrected chi connectivity index (χ1v) is 4.67. The van der Waals surface area contributed by atoms with Gasteiger partial charge in [0.05, 0.1) is 4.90 Å². The van der Waals surface area contributed by atoms with Crippen molar-refractivity contribution < 1.29 is 48.6 Å². The van der Waals surface area contributed by atoms with Gasteiger partial charge in [-0.05, 0) is 6.07 Å². The van der Waals surface area contributed by atoms with Crippen LogP contribution in [0.4, 0.5) is 0 Å². The molecule has 0 atom stereocenters. The number of fused-ring (bicyclic) bond motifs is 1. The second-order valence-electron chi connectivity index (χ2n) is 2.37. The van der Waals surface area contributed by atoms with Gasteiger partial charge in [-0.15, -0.1) is 0 Å². The van der Waals surface area contributed by atoms with Crippen molar-refractivity contribution in [1.29, 1.82) is 0 Å². The fourth-order valence-electron chi connectivity index (χ4n) is 1.08. The molecule has 70 valence electrons. The number of hydrogen-bond acceptors (Lipinski definition) is 3. The summed E-state index contributed by atoms with van der Waals surface area (Å²) in [7, 11) is -3.68. The first-order chi connectivity index (χ1) is 5.61. The van der Waals surface area contributed by atoms with E-state index in [0.29, 0.717) is 0 Å². The number of benzene rings is 1. The van der Waals surface area contributed by atoms with Crippen LogP contribution in [0, 0.1) is 0 Å². The summed E-state index contributed by atoms with van der Waals surface area (Å²) in [5, 5.41) is 10.9. The Morgan fingerprint density at radius 1 is 1.21 bits per heavy atom. The molecule has 0 radical (unpaired) electrons. The van der Waals surface area contributed by atoms with E-state index in [4.69, 9.17) is 0 Å². The van der Waals surface area contributed by atoms with E-state index in [0.717, 1.165) is 0 Å². The molecule has 1 heterocycles. The molecule has 5 nitrogen and oxygen atoms in total. The van der Waals surface area contributed by atoms with Gasteiger partial charge in [0.15, 0.2) is 0 Å². The third-order valence-corrected chi connectivity index (χ3v) is 2.92. The van der Waals surface area contributed by atoms with Crippen molar-refractivity contribution in [2.45, 2.75) is 4.90 Å². The summed E-state index contributed by atoms with van der Waals surface area (Å²) in [5.41, 5.74) is 0.164. The molecular formula is C7H6NNaO4S. The smallest absolute Gasteiger partial charge is 0.858 e. The van der Waals surface area contributed by atoms with Crippen LogP contribution >= 0.6 is 0 Å². The minimum Gasteiger partial charge on any atom is -0.858 e. The van der Waals surface area contributed by atoms with Crippen molar-refractivity contribution in [3.8, 4) is 0 Å². The second kappa shape index (κ2) is 4.41. The molecule has 1 aliphatic rings. The third kappa shape index (κ3) is 1.99. The first-order valence-electron chi connectivity index (χ1n) is 3.23. The van der Waals surface area contributed by atoms with Crippen molar-refractivity contribution in [1.82, 2.24) is 0 Å². The van der Waals surface area contributed by atoms with Crippen LogP contribution in [0.2, 0.25) is 0 Å². The normalized spacial score (nSPS) is 15.9. The predicted octanol–water partition coefficient (Wildman–Crippen LogP) is -4.32. The minimum absolute atomic E-state index is 0. The standard InChI is InChI=1S/C7H5NO3S.Na.H2O/c9-7-5-3-1-2-4-6(5)12(10,11)8-7;;/h1-4H,(H,8,9);;1H2/q;+1;/p-1. The van der Waals surface area contributed by atoms with E-state index in [-0.39, 0.29) is 45.5 Å². The van der Waals surface area contributed by atoms with Crippen LogP contribution in [0.1, 0.15) is 5.56 Å². The molecule has 0 unspecified atom stereocenters. The van der Waals surface area contributed by atoms with Gasteiger partial charge in [0.1, 0.15) is 0 Å². The summed E-state index contributed by atoms with van der Waals surface area (Å²) in [5.74, 6) is -0.675. The number of hydrogen-bond donors (Lipinski definition) is 0. The molecule has 0 aromatic heterocycles. The molecule has 1 aliphatic heterocycles. The molecule has 14 heavy (non-hydrogen) atoms. The molecule has 0 saturated carbocycles. The van der Waals surface area contributed by atoms with Gasteiger partial charge in [0.2, 0.25) is 0 Å². The SMILES string of the molecule is O.O=S1(=O)N=C([O-])c2ccccc21.[Na+]. The largest absolute Gasteiger partial charge is 1.00 e. The van der Waals surface area contributed by atoms with Gasteiger partial charge in [0, 0.05) is 11.5 Å². The zero-order chi connectivity index (χ0) is 8.77. The first kappa shape index (κ1) is 13.6. The Morgan fingerprint density at radius 3 is 2.36 bits per heavy atom. The van der Waals surface area contributed by atoms with Gasteiger partial charge in [-0.1, -0.05) is 18.2 Å². The average Bonchev–Trinajstić information content (AvgIpc) is 2.25. The Morgan fingerprint density at radius 2 is 1.79 bits per heavy atom. The summed E-state index contributed by atoms with van der Waals surface area (Å²) in [6, 6.07) is 5.99. The van der Waals surface area contributed by atoms with Crippen LogP contribution in [0.25, 0.3) is 0 Å². The predicted molar refractivity (Wildman–Crippen MR) is 43.8 cm³/mol. The number of sulfonamides is 1. The molecular weight excluding hydrogens is 217 g/mol. The van der Waals surface area contributed by atoms with Crippen LogP contribution in [0.3, 0.4) is 0 Å². The van der Waals surface area contributed by atoms with E-state index in [9.17, 15) is 13.5 Å². The Balaban J connectivity index is 0.000000845. The molecule has 0 fully saturated rings. The fourth-order valence-corrected chi connectivity index (χ4v) is 2.17. The maximum Gasteiger partial charge on any atom is 1.00 e. The molecule has 1 aromatic carbocycles. The third-order valence-electron chi connectivity index (χ3n) is 1.60. The summed E-state index contributed by atoms with van der Waals surface area (Å²) < 4.78 is 25.2. The zero-order valence-electron chi connectivity index (χ0n) is 7.39. The van der Waals surface area contributed by atoms with E-state index in [1.807, 2.05) is 0 Å². The average molecular weight is 223 g/mol. The summed E-state index contributed by atoms with van der Waals surface area (Å²) in [6.07, 6.45) is 0. The molecule has 1 aromatic rings. The van der Waals surface area contributed by atoms with Gasteiger partial charge in [0.25, 0.3) is 10.0 Å². The van der Waals surface area contributed by atoms with Crippen LogP contribution in [-0.2, 0) is 10.0 Å². The molecule has 2 rings (SSSR count). The maximum absolute atomic E-state index is 11.1. The maximum atomic E-state index is 11.1. The van der Waals surface area contributed by atoms with Crippen molar-refractivity contribution in [3.05, 3.63) is 29.8 Å². The van der Waals surface area contributed by atoms with Crippen LogP contribution < -0.4 is 34.7 Å². The number of nitrogens with zero attached hydrogens (tertiary/aromatic N) is 1. The van der Waals surface area contributed by atoms with E-state index >= 15 is 0 Å². The van der Waals surface area contributed by atoms with E-state index in [1.165, 1.54) is 12.1 Å². The Hall–Kier alpha value is -0.400. The molecule has 7 heteroatoms. The molecule has 0 bridgehead atoms. The van der Waals surface area contributed by atoms with Gasteiger partial charge >= 0.3 is 29.6 Å². The van der Waals surface area contributed by atoms with Crippen molar-refractivity contribution in [2.24, 2.45) is 4.40 Å². The van der Waals surface area contributed by atoms with Gasteiger partial charge < -0.3 is 10.6 Å². The topological polar surface area (TPSA) is 101 Å². The molecule has 0 amide bonds. The Labute approximate surface area is 103 Å². The van der Waals surface area contributed by atoms with Crippen LogP contribution in [0.15, 0.2) is 33.6 Å². The molecule has 0 spiro atoms. The molecule has 2 N–H and O–H groups in total. The zero-order valence-corrected chi connectivity index (χ0v) is 10.2. The van der Waals surface area contributed by atoms with Crippen molar-refractivity contribution >= 4 is 15.9 Å². The van der Waals surface area contributed by atoms with Crippen LogP contribution in [0.5, 0.6) is 0 Å².